The molecule has 1 aliphatic carbocycles. The van der Waals surface area contributed by atoms with Crippen molar-refractivity contribution < 1.29 is 23.6 Å². The Hall–Kier alpha value is -3.41. The highest BCUT2D eigenvalue weighted by atomic mass is 16.7. The van der Waals surface area contributed by atoms with Gasteiger partial charge in [0.1, 0.15) is 5.75 Å². The van der Waals surface area contributed by atoms with E-state index < -0.39 is 0 Å². The highest BCUT2D eigenvalue weighted by Gasteiger charge is 2.52. The molecule has 2 atom stereocenters. The van der Waals surface area contributed by atoms with E-state index in [0.29, 0.717) is 18.9 Å². The van der Waals surface area contributed by atoms with Crippen LogP contribution in [0.5, 0.6) is 5.75 Å². The lowest BCUT2D eigenvalue weighted by Gasteiger charge is -2.39. The first kappa shape index (κ1) is 36.9. The van der Waals surface area contributed by atoms with Gasteiger partial charge >= 0.3 is 7.12 Å². The zero-order valence-corrected chi connectivity index (χ0v) is 32.4. The molecular weight excluding hydrogens is 653 g/mol. The average molecular weight is 712 g/mol. The summed E-state index contributed by atoms with van der Waals surface area (Å²) in [4.78, 5) is 29.3. The largest absolute Gasteiger partial charge is 0.495 e. The highest BCUT2D eigenvalue weighted by Crippen LogP contribution is 2.38. The summed E-state index contributed by atoms with van der Waals surface area (Å²) in [5, 5.41) is 8.19. The van der Waals surface area contributed by atoms with Gasteiger partial charge in [-0.1, -0.05) is 25.0 Å². The monoisotopic (exact) mass is 711 g/mol. The number of aromatic nitrogens is 2. The zero-order valence-electron chi connectivity index (χ0n) is 32.4. The van der Waals surface area contributed by atoms with Crippen molar-refractivity contribution in [1.82, 2.24) is 20.0 Å². The third-order valence-corrected chi connectivity index (χ3v) is 12.9. The third-order valence-electron chi connectivity index (χ3n) is 12.9. The molecule has 1 saturated carbocycles. The molecule has 7 rings (SSSR count). The van der Waals surface area contributed by atoms with Crippen LogP contribution in [0.3, 0.4) is 0 Å². The Balaban J connectivity index is 0.838. The molecule has 1 unspecified atom stereocenters. The Labute approximate surface area is 310 Å². The van der Waals surface area contributed by atoms with E-state index >= 15 is 0 Å². The Morgan fingerprint density at radius 1 is 0.981 bits per heavy atom. The fourth-order valence-electron chi connectivity index (χ4n) is 8.69. The first-order chi connectivity index (χ1) is 24.8. The SMILES string of the molecule is Cc1c(OC2CCC(CCC[C@@H](C)N3CCN(c4ccc5c(C6CCC(=O)NC6=O)nn(C)c5c4)CC3)CC2)cccc1B1OC(C)(C)C(C)(C)O1. The molecule has 3 aromatic rings. The number of fused-ring (bicyclic) bond motifs is 1. The minimum Gasteiger partial charge on any atom is -0.490 e. The normalized spacial score (nSPS) is 25.8. The summed E-state index contributed by atoms with van der Waals surface area (Å²) >= 11 is 0. The molecule has 4 fully saturated rings. The number of hydrogen-bond donors (Lipinski definition) is 1. The molecule has 10 nitrogen and oxygen atoms in total. The summed E-state index contributed by atoms with van der Waals surface area (Å²) in [6.07, 6.45) is 9.67. The van der Waals surface area contributed by atoms with Crippen LogP contribution in [0.2, 0.25) is 0 Å². The molecule has 1 N–H and O–H groups in total. The van der Waals surface area contributed by atoms with Crippen molar-refractivity contribution in [2.45, 2.75) is 129 Å². The second-order valence-corrected chi connectivity index (χ2v) is 16.8. The summed E-state index contributed by atoms with van der Waals surface area (Å²) in [6, 6.07) is 13.3. The molecule has 280 valence electrons. The Bertz CT molecular complexity index is 1760. The predicted octanol–water partition coefficient (Wildman–Crippen LogP) is 6.02. The molecule has 0 spiro atoms. The molecule has 0 radical (unpaired) electrons. The van der Waals surface area contributed by atoms with Crippen LogP contribution >= 0.6 is 0 Å². The quantitative estimate of drug-likeness (QED) is 0.202. The van der Waals surface area contributed by atoms with Crippen LogP contribution in [0.25, 0.3) is 10.9 Å². The topological polar surface area (TPSA) is 98.2 Å². The number of piperidine rings is 1. The Morgan fingerprint density at radius 2 is 1.69 bits per heavy atom. The smallest absolute Gasteiger partial charge is 0.490 e. The average Bonchev–Trinajstić information content (AvgIpc) is 3.55. The molecule has 3 aliphatic heterocycles. The fraction of sp³-hybridized carbons (Fsp3) is 0.634. The number of nitrogens with zero attached hydrogens (tertiary/aromatic N) is 4. The predicted molar refractivity (Wildman–Crippen MR) is 206 cm³/mol. The van der Waals surface area contributed by atoms with E-state index in [1.54, 1.807) is 0 Å². The first-order valence-corrected chi connectivity index (χ1v) is 19.7. The molecule has 11 heteroatoms. The molecule has 4 heterocycles. The number of imide groups is 1. The van der Waals surface area contributed by atoms with Crippen LogP contribution in [-0.2, 0) is 25.9 Å². The van der Waals surface area contributed by atoms with Crippen molar-refractivity contribution in [3.63, 3.8) is 0 Å². The summed E-state index contributed by atoms with van der Waals surface area (Å²) in [5.74, 6) is 0.930. The van der Waals surface area contributed by atoms with E-state index in [2.05, 4.69) is 93.1 Å². The minimum atomic E-state index is -0.381. The van der Waals surface area contributed by atoms with Gasteiger partial charge in [-0.2, -0.15) is 5.10 Å². The maximum atomic E-state index is 12.5. The van der Waals surface area contributed by atoms with Crippen LogP contribution in [-0.4, -0.2) is 83.1 Å². The summed E-state index contributed by atoms with van der Waals surface area (Å²) in [6.45, 7) is 17.0. The van der Waals surface area contributed by atoms with Crippen LogP contribution in [0.4, 0.5) is 5.69 Å². The Kier molecular flexibility index (Phi) is 10.5. The molecule has 2 aromatic carbocycles. The van der Waals surface area contributed by atoms with Crippen LogP contribution in [0, 0.1) is 12.8 Å². The summed E-state index contributed by atoms with van der Waals surface area (Å²) < 4.78 is 21.2. The van der Waals surface area contributed by atoms with E-state index in [4.69, 9.17) is 19.1 Å². The number of nitrogens with one attached hydrogen (secondary N) is 1. The third kappa shape index (κ3) is 7.51. The van der Waals surface area contributed by atoms with Crippen LogP contribution in [0.1, 0.15) is 110 Å². The standard InChI is InChI=1S/C41H58BN5O5/c1-27(46-22-24-47(25-23-46)30-16-19-32-35(26-30)45(7)44-38(32)33-20-21-37(48)43-39(33)49)10-8-11-29-14-17-31(18-15-29)50-36-13-9-12-34(28(36)2)42-51-40(3,4)41(5,6)52-42/h9,12-13,16,19,26-27,29,31,33H,8,10-11,14-15,17-18,20-25H2,1-7H3,(H,43,48,49)/t27-,29?,31?,33?/m1/s1. The van der Waals surface area contributed by atoms with Crippen LogP contribution in [0.15, 0.2) is 36.4 Å². The number of benzene rings is 2. The summed E-state index contributed by atoms with van der Waals surface area (Å²) in [5.41, 5.74) is 4.45. The molecule has 2 amide bonds. The second kappa shape index (κ2) is 14.8. The number of amides is 2. The maximum Gasteiger partial charge on any atom is 0.495 e. The number of ether oxygens (including phenoxy) is 1. The van der Waals surface area contributed by atoms with E-state index in [9.17, 15) is 9.59 Å². The summed E-state index contributed by atoms with van der Waals surface area (Å²) in [7, 11) is 1.56. The molecule has 0 bridgehead atoms. The van der Waals surface area contributed by atoms with Gasteiger partial charge in [0.05, 0.1) is 34.4 Å². The van der Waals surface area contributed by atoms with Gasteiger partial charge in [-0.3, -0.25) is 24.5 Å². The number of piperazine rings is 1. The maximum absolute atomic E-state index is 12.5. The van der Waals surface area contributed by atoms with Crippen molar-refractivity contribution in [3.8, 4) is 5.75 Å². The van der Waals surface area contributed by atoms with Crippen molar-refractivity contribution in [2.24, 2.45) is 13.0 Å². The number of aryl methyl sites for hydroxylation is 1. The van der Waals surface area contributed by atoms with Gasteiger partial charge in [-0.25, -0.2) is 0 Å². The van der Waals surface area contributed by atoms with Crippen molar-refractivity contribution in [1.29, 1.82) is 0 Å². The fourth-order valence-corrected chi connectivity index (χ4v) is 8.69. The van der Waals surface area contributed by atoms with Gasteiger partial charge in [0.15, 0.2) is 0 Å². The molecule has 3 saturated heterocycles. The molecule has 4 aliphatic rings. The van der Waals surface area contributed by atoms with E-state index in [0.717, 1.165) is 78.3 Å². The van der Waals surface area contributed by atoms with Crippen LogP contribution < -0.4 is 20.4 Å². The van der Waals surface area contributed by atoms with E-state index in [1.807, 2.05) is 11.7 Å². The van der Waals surface area contributed by atoms with E-state index in [-0.39, 0.29) is 42.2 Å². The number of hydrogen-bond acceptors (Lipinski definition) is 8. The van der Waals surface area contributed by atoms with Gasteiger partial charge < -0.3 is 18.9 Å². The zero-order chi connectivity index (χ0) is 36.8. The number of rotatable bonds is 10. The van der Waals surface area contributed by atoms with Gasteiger partial charge in [-0.15, -0.1) is 0 Å². The first-order valence-electron chi connectivity index (χ1n) is 19.7. The Morgan fingerprint density at radius 3 is 2.38 bits per heavy atom. The van der Waals surface area contributed by atoms with Crippen molar-refractivity contribution in [3.05, 3.63) is 47.7 Å². The highest BCUT2D eigenvalue weighted by molar-refractivity contribution is 6.62. The van der Waals surface area contributed by atoms with E-state index in [1.165, 1.54) is 37.8 Å². The van der Waals surface area contributed by atoms with Gasteiger partial charge in [-0.05, 0) is 121 Å². The number of carbonyl (C=O) groups excluding carboxylic acids is 2. The number of carbonyl (C=O) groups is 2. The second-order valence-electron chi connectivity index (χ2n) is 16.8. The van der Waals surface area contributed by atoms with Gasteiger partial charge in [0.2, 0.25) is 11.8 Å². The lowest BCUT2D eigenvalue weighted by molar-refractivity contribution is -0.134. The lowest BCUT2D eigenvalue weighted by atomic mass is 9.76. The molecule has 1 aromatic heterocycles. The van der Waals surface area contributed by atoms with Gasteiger partial charge in [0, 0.05) is 56.8 Å². The molecule has 52 heavy (non-hydrogen) atoms. The van der Waals surface area contributed by atoms with Crippen molar-refractivity contribution >= 4 is 41.0 Å². The minimum absolute atomic E-state index is 0.199. The number of anilines is 1. The van der Waals surface area contributed by atoms with Crippen molar-refractivity contribution in [2.75, 3.05) is 31.1 Å². The lowest BCUT2D eigenvalue weighted by Crippen LogP contribution is -2.49. The molecular formula is C41H58BN5O5. The van der Waals surface area contributed by atoms with Gasteiger partial charge in [0.25, 0.3) is 0 Å².